The van der Waals surface area contributed by atoms with Gasteiger partial charge in [0.25, 0.3) is 0 Å². The summed E-state index contributed by atoms with van der Waals surface area (Å²) in [6.45, 7) is 3.76. The number of sulfone groups is 1. The van der Waals surface area contributed by atoms with Crippen molar-refractivity contribution >= 4 is 15.8 Å². The monoisotopic (exact) mass is 232 g/mol. The second kappa shape index (κ2) is 4.79. The third-order valence-electron chi connectivity index (χ3n) is 2.53. The van der Waals surface area contributed by atoms with Gasteiger partial charge in [0.05, 0.1) is 25.0 Å². The summed E-state index contributed by atoms with van der Waals surface area (Å²) in [6, 6.07) is 0. The first-order valence-electron chi connectivity index (χ1n) is 4.87. The van der Waals surface area contributed by atoms with Crippen LogP contribution in [0.25, 0.3) is 0 Å². The number of methoxy groups -OCH3 is 1. The van der Waals surface area contributed by atoms with E-state index >= 15 is 0 Å². The second-order valence-corrected chi connectivity index (χ2v) is 6.20. The predicted molar refractivity (Wildman–Crippen MR) is 57.2 cm³/mol. The van der Waals surface area contributed by atoms with Gasteiger partial charge in [0, 0.05) is 0 Å². The smallest absolute Gasteiger partial charge is 0.309 e. The van der Waals surface area contributed by atoms with E-state index in [0.717, 1.165) is 5.57 Å². The second-order valence-electron chi connectivity index (χ2n) is 3.98. The van der Waals surface area contributed by atoms with E-state index in [2.05, 4.69) is 11.3 Å². The van der Waals surface area contributed by atoms with Crippen molar-refractivity contribution < 1.29 is 17.9 Å². The minimum Gasteiger partial charge on any atom is -0.469 e. The van der Waals surface area contributed by atoms with E-state index in [4.69, 9.17) is 0 Å². The first-order chi connectivity index (χ1) is 6.93. The van der Waals surface area contributed by atoms with E-state index in [0.29, 0.717) is 12.8 Å². The van der Waals surface area contributed by atoms with Crippen LogP contribution in [0.15, 0.2) is 12.2 Å². The highest BCUT2D eigenvalue weighted by atomic mass is 32.2. The van der Waals surface area contributed by atoms with Crippen LogP contribution in [0.1, 0.15) is 19.3 Å². The predicted octanol–water partition coefficient (Wildman–Crippen LogP) is 0.931. The van der Waals surface area contributed by atoms with E-state index in [1.54, 1.807) is 0 Å². The van der Waals surface area contributed by atoms with Crippen molar-refractivity contribution in [2.75, 3.05) is 18.6 Å². The third kappa shape index (κ3) is 4.03. The zero-order chi connectivity index (χ0) is 11.5. The Bertz CT molecular complexity index is 356. The molecule has 0 N–H and O–H groups in total. The van der Waals surface area contributed by atoms with Crippen LogP contribution in [-0.2, 0) is 19.4 Å². The maximum atomic E-state index is 11.2. The molecular weight excluding hydrogens is 216 g/mol. The molecule has 1 fully saturated rings. The molecule has 1 aliphatic rings. The molecule has 4 nitrogen and oxygen atoms in total. The molecule has 15 heavy (non-hydrogen) atoms. The van der Waals surface area contributed by atoms with E-state index in [-0.39, 0.29) is 29.8 Å². The van der Waals surface area contributed by atoms with Crippen molar-refractivity contribution in [1.29, 1.82) is 0 Å². The van der Waals surface area contributed by atoms with Crippen LogP contribution >= 0.6 is 0 Å². The van der Waals surface area contributed by atoms with Gasteiger partial charge in [0.1, 0.15) is 0 Å². The fourth-order valence-electron chi connectivity index (χ4n) is 1.79. The van der Waals surface area contributed by atoms with Gasteiger partial charge >= 0.3 is 5.97 Å². The average Bonchev–Trinajstić information content (AvgIpc) is 2.44. The van der Waals surface area contributed by atoms with Crippen LogP contribution in [0.4, 0.5) is 0 Å². The zero-order valence-electron chi connectivity index (χ0n) is 8.86. The molecule has 1 saturated heterocycles. The maximum absolute atomic E-state index is 11.2. The molecular formula is C10H16O4S. The molecule has 0 aromatic heterocycles. The molecule has 0 amide bonds. The summed E-state index contributed by atoms with van der Waals surface area (Å²) in [5, 5.41) is 0. The van der Waals surface area contributed by atoms with Crippen LogP contribution < -0.4 is 0 Å². The lowest BCUT2D eigenvalue weighted by atomic mass is 9.98. The molecule has 86 valence electrons. The molecule has 1 unspecified atom stereocenters. The van der Waals surface area contributed by atoms with Gasteiger partial charge in [0.15, 0.2) is 9.84 Å². The van der Waals surface area contributed by atoms with Crippen molar-refractivity contribution in [3.8, 4) is 0 Å². The number of ether oxygens (including phenoxy) is 1. The Balaban J connectivity index is 2.37. The topological polar surface area (TPSA) is 60.4 Å². The van der Waals surface area contributed by atoms with E-state index in [1.165, 1.54) is 7.11 Å². The molecule has 0 aromatic carbocycles. The Morgan fingerprint density at radius 3 is 2.67 bits per heavy atom. The largest absolute Gasteiger partial charge is 0.469 e. The van der Waals surface area contributed by atoms with Crippen LogP contribution in [0.3, 0.4) is 0 Å². The summed E-state index contributed by atoms with van der Waals surface area (Å²) < 4.78 is 26.9. The Morgan fingerprint density at radius 1 is 1.53 bits per heavy atom. The van der Waals surface area contributed by atoms with Crippen molar-refractivity contribution in [1.82, 2.24) is 0 Å². The van der Waals surface area contributed by atoms with E-state index < -0.39 is 9.84 Å². The molecule has 1 rings (SSSR count). The number of hydrogen-bond acceptors (Lipinski definition) is 4. The normalized spacial score (nSPS) is 23.7. The fourth-order valence-corrected chi connectivity index (χ4v) is 3.65. The number of esters is 1. The van der Waals surface area contributed by atoms with Crippen molar-refractivity contribution in [3.63, 3.8) is 0 Å². The van der Waals surface area contributed by atoms with Gasteiger partial charge in [-0.15, -0.1) is 0 Å². The first-order valence-corrected chi connectivity index (χ1v) is 6.69. The lowest BCUT2D eigenvalue weighted by Gasteiger charge is -2.09. The number of carbonyl (C=O) groups is 1. The molecule has 0 aliphatic carbocycles. The zero-order valence-corrected chi connectivity index (χ0v) is 9.68. The lowest BCUT2D eigenvalue weighted by molar-refractivity contribution is -0.139. The SMILES string of the molecule is C=C(CC(=O)OC)CC1CCS(=O)(=O)C1. The van der Waals surface area contributed by atoms with Crippen LogP contribution in [0.5, 0.6) is 0 Å². The Morgan fingerprint density at radius 2 is 2.20 bits per heavy atom. The molecule has 0 bridgehead atoms. The van der Waals surface area contributed by atoms with Gasteiger partial charge < -0.3 is 4.74 Å². The molecule has 1 aliphatic heterocycles. The Hall–Kier alpha value is -0.840. The first kappa shape index (κ1) is 12.2. The molecule has 0 radical (unpaired) electrons. The van der Waals surface area contributed by atoms with E-state index in [1.807, 2.05) is 0 Å². The molecule has 1 atom stereocenters. The molecule has 5 heteroatoms. The number of carbonyl (C=O) groups excluding carboxylic acids is 1. The summed E-state index contributed by atoms with van der Waals surface area (Å²) in [7, 11) is -1.50. The average molecular weight is 232 g/mol. The summed E-state index contributed by atoms with van der Waals surface area (Å²) in [6.07, 6.45) is 1.48. The highest BCUT2D eigenvalue weighted by Gasteiger charge is 2.28. The summed E-state index contributed by atoms with van der Waals surface area (Å²) >= 11 is 0. The van der Waals surface area contributed by atoms with Crippen LogP contribution in [0.2, 0.25) is 0 Å². The summed E-state index contributed by atoms with van der Waals surface area (Å²) in [5.41, 5.74) is 0.754. The van der Waals surface area contributed by atoms with Gasteiger partial charge in [-0.05, 0) is 18.8 Å². The summed E-state index contributed by atoms with van der Waals surface area (Å²) in [4.78, 5) is 10.9. The van der Waals surface area contributed by atoms with E-state index in [9.17, 15) is 13.2 Å². The van der Waals surface area contributed by atoms with Gasteiger partial charge in [0.2, 0.25) is 0 Å². The molecule has 0 spiro atoms. The van der Waals surface area contributed by atoms with Crippen LogP contribution in [-0.4, -0.2) is 33.0 Å². The minimum absolute atomic E-state index is 0.132. The highest BCUT2D eigenvalue weighted by Crippen LogP contribution is 2.25. The van der Waals surface area contributed by atoms with Gasteiger partial charge in [-0.25, -0.2) is 8.42 Å². The standard InChI is InChI=1S/C10H16O4S/c1-8(6-10(11)14-2)5-9-3-4-15(12,13)7-9/h9H,1,3-7H2,2H3. The van der Waals surface area contributed by atoms with Crippen molar-refractivity contribution in [2.24, 2.45) is 5.92 Å². The summed E-state index contributed by atoms with van der Waals surface area (Å²) in [5.74, 6) is 0.309. The Kier molecular flexibility index (Phi) is 3.90. The number of hydrogen-bond donors (Lipinski definition) is 0. The third-order valence-corrected chi connectivity index (χ3v) is 4.36. The Labute approximate surface area is 90.2 Å². The number of rotatable bonds is 4. The van der Waals surface area contributed by atoms with Crippen molar-refractivity contribution in [3.05, 3.63) is 12.2 Å². The fraction of sp³-hybridized carbons (Fsp3) is 0.700. The van der Waals surface area contributed by atoms with Crippen molar-refractivity contribution in [2.45, 2.75) is 19.3 Å². The van der Waals surface area contributed by atoms with Gasteiger partial charge in [-0.2, -0.15) is 0 Å². The minimum atomic E-state index is -2.83. The lowest BCUT2D eigenvalue weighted by Crippen LogP contribution is -2.08. The van der Waals surface area contributed by atoms with Gasteiger partial charge in [-0.3, -0.25) is 4.79 Å². The quantitative estimate of drug-likeness (QED) is 0.534. The highest BCUT2D eigenvalue weighted by molar-refractivity contribution is 7.91. The molecule has 0 aromatic rings. The maximum Gasteiger partial charge on any atom is 0.309 e. The van der Waals surface area contributed by atoms with Crippen LogP contribution in [0, 0.1) is 5.92 Å². The molecule has 0 saturated carbocycles. The molecule has 1 heterocycles. The van der Waals surface area contributed by atoms with Gasteiger partial charge in [-0.1, -0.05) is 12.2 Å².